The number of fused-ring (bicyclic) bond motifs is 1. The molecule has 0 amide bonds. The quantitative estimate of drug-likeness (QED) is 0.892. The zero-order valence-corrected chi connectivity index (χ0v) is 13.1. The normalized spacial score (nSPS) is 19.0. The summed E-state index contributed by atoms with van der Waals surface area (Å²) in [6.07, 6.45) is 1.16. The van der Waals surface area contributed by atoms with Crippen molar-refractivity contribution in [1.82, 2.24) is 5.32 Å². The summed E-state index contributed by atoms with van der Waals surface area (Å²) in [6.45, 7) is 2.30. The first-order valence-electron chi connectivity index (χ1n) is 7.45. The molecule has 0 saturated carbocycles. The minimum absolute atomic E-state index is 0.101. The van der Waals surface area contributed by atoms with Crippen molar-refractivity contribution < 1.29 is 5.11 Å². The number of nitrogens with one attached hydrogen (secondary N) is 1. The van der Waals surface area contributed by atoms with Gasteiger partial charge in [0.05, 0.1) is 6.61 Å². The molecule has 21 heavy (non-hydrogen) atoms. The van der Waals surface area contributed by atoms with Crippen LogP contribution >= 0.6 is 11.8 Å². The fourth-order valence-electron chi connectivity index (χ4n) is 2.87. The number of hydrogen-bond acceptors (Lipinski definition) is 3. The highest BCUT2D eigenvalue weighted by molar-refractivity contribution is 7.99. The van der Waals surface area contributed by atoms with Crippen molar-refractivity contribution in [3.8, 4) is 0 Å². The van der Waals surface area contributed by atoms with Crippen molar-refractivity contribution in [2.24, 2.45) is 0 Å². The SMILES string of the molecule is CC(NC1CCSc2ccccc21)c1cccc(CO)c1. The molecule has 0 aliphatic carbocycles. The fraction of sp³-hybridized carbons (Fsp3) is 0.333. The van der Waals surface area contributed by atoms with Gasteiger partial charge in [0.15, 0.2) is 0 Å². The Kier molecular flexibility index (Phi) is 4.63. The molecular formula is C18H21NOS. The average Bonchev–Trinajstić information content (AvgIpc) is 2.55. The van der Waals surface area contributed by atoms with E-state index in [1.807, 2.05) is 23.9 Å². The molecule has 2 nitrogen and oxygen atoms in total. The van der Waals surface area contributed by atoms with E-state index in [-0.39, 0.29) is 12.6 Å². The molecule has 0 spiro atoms. The lowest BCUT2D eigenvalue weighted by Gasteiger charge is -2.29. The summed E-state index contributed by atoms with van der Waals surface area (Å²) < 4.78 is 0. The Bertz CT molecular complexity index is 614. The lowest BCUT2D eigenvalue weighted by atomic mass is 10.00. The van der Waals surface area contributed by atoms with Crippen LogP contribution in [0.2, 0.25) is 0 Å². The van der Waals surface area contributed by atoms with E-state index in [2.05, 4.69) is 48.6 Å². The van der Waals surface area contributed by atoms with Crippen molar-refractivity contribution in [2.75, 3.05) is 5.75 Å². The van der Waals surface area contributed by atoms with Crippen LogP contribution in [0.5, 0.6) is 0 Å². The predicted octanol–water partition coefficient (Wildman–Crippen LogP) is 4.07. The molecule has 2 atom stereocenters. The highest BCUT2D eigenvalue weighted by atomic mass is 32.2. The smallest absolute Gasteiger partial charge is 0.0681 e. The van der Waals surface area contributed by atoms with E-state index in [1.165, 1.54) is 16.0 Å². The van der Waals surface area contributed by atoms with Gasteiger partial charge in [-0.1, -0.05) is 42.5 Å². The first kappa shape index (κ1) is 14.6. The van der Waals surface area contributed by atoms with Crippen molar-refractivity contribution in [1.29, 1.82) is 0 Å². The molecule has 3 heteroatoms. The van der Waals surface area contributed by atoms with E-state index in [0.29, 0.717) is 6.04 Å². The number of aliphatic hydroxyl groups excluding tert-OH is 1. The molecule has 0 saturated heterocycles. The molecule has 2 N–H and O–H groups in total. The van der Waals surface area contributed by atoms with Crippen LogP contribution in [0.3, 0.4) is 0 Å². The molecular weight excluding hydrogens is 278 g/mol. The standard InChI is InChI=1S/C18H21NOS/c1-13(15-6-4-5-14(11-15)12-20)19-17-9-10-21-18-8-3-2-7-16(17)18/h2-8,11,13,17,19-20H,9-10,12H2,1H3. The molecule has 0 fully saturated rings. The second kappa shape index (κ2) is 6.65. The highest BCUT2D eigenvalue weighted by Crippen LogP contribution is 2.37. The second-order valence-corrected chi connectivity index (χ2v) is 6.66. The Hall–Kier alpha value is -1.29. The van der Waals surface area contributed by atoms with Gasteiger partial charge in [0.1, 0.15) is 0 Å². The lowest BCUT2D eigenvalue weighted by Crippen LogP contribution is -2.27. The molecule has 1 heterocycles. The first-order valence-corrected chi connectivity index (χ1v) is 8.44. The minimum atomic E-state index is 0.101. The third-order valence-corrected chi connectivity index (χ3v) is 5.17. The molecule has 3 rings (SSSR count). The first-order chi connectivity index (χ1) is 10.3. The summed E-state index contributed by atoms with van der Waals surface area (Å²) in [5.74, 6) is 1.16. The maximum Gasteiger partial charge on any atom is 0.0681 e. The third-order valence-electron chi connectivity index (χ3n) is 4.04. The van der Waals surface area contributed by atoms with Crippen LogP contribution in [0.1, 0.15) is 42.1 Å². The van der Waals surface area contributed by atoms with Crippen LogP contribution in [-0.2, 0) is 6.61 Å². The summed E-state index contributed by atoms with van der Waals surface area (Å²) >= 11 is 1.95. The summed E-state index contributed by atoms with van der Waals surface area (Å²) in [5, 5.41) is 13.0. The van der Waals surface area contributed by atoms with E-state index in [9.17, 15) is 5.11 Å². The van der Waals surface area contributed by atoms with E-state index in [4.69, 9.17) is 0 Å². The van der Waals surface area contributed by atoms with Crippen LogP contribution in [-0.4, -0.2) is 10.9 Å². The molecule has 1 aliphatic rings. The van der Waals surface area contributed by atoms with Gasteiger partial charge in [-0.15, -0.1) is 11.8 Å². The van der Waals surface area contributed by atoms with Gasteiger partial charge in [-0.2, -0.15) is 0 Å². The topological polar surface area (TPSA) is 32.3 Å². The van der Waals surface area contributed by atoms with Gasteiger partial charge in [0, 0.05) is 17.0 Å². The van der Waals surface area contributed by atoms with Crippen LogP contribution in [0.4, 0.5) is 0 Å². The Labute approximate surface area is 130 Å². The molecule has 2 aromatic carbocycles. The highest BCUT2D eigenvalue weighted by Gasteiger charge is 2.21. The molecule has 2 aromatic rings. The van der Waals surface area contributed by atoms with Crippen molar-refractivity contribution >= 4 is 11.8 Å². The molecule has 110 valence electrons. The van der Waals surface area contributed by atoms with E-state index >= 15 is 0 Å². The third kappa shape index (κ3) is 3.31. The average molecular weight is 299 g/mol. The zero-order valence-electron chi connectivity index (χ0n) is 12.3. The lowest BCUT2D eigenvalue weighted by molar-refractivity contribution is 0.281. The van der Waals surface area contributed by atoms with Crippen LogP contribution < -0.4 is 5.32 Å². The fourth-order valence-corrected chi connectivity index (χ4v) is 4.00. The maximum atomic E-state index is 9.27. The van der Waals surface area contributed by atoms with Crippen LogP contribution in [0, 0.1) is 0 Å². The Morgan fingerprint density at radius 3 is 2.95 bits per heavy atom. The predicted molar refractivity (Wildman–Crippen MR) is 88.4 cm³/mol. The van der Waals surface area contributed by atoms with Gasteiger partial charge in [0.2, 0.25) is 0 Å². The maximum absolute atomic E-state index is 9.27. The van der Waals surface area contributed by atoms with Gasteiger partial charge >= 0.3 is 0 Å². The molecule has 2 unspecified atom stereocenters. The Balaban J connectivity index is 1.77. The van der Waals surface area contributed by atoms with Gasteiger partial charge in [-0.25, -0.2) is 0 Å². The van der Waals surface area contributed by atoms with Gasteiger partial charge < -0.3 is 10.4 Å². The van der Waals surface area contributed by atoms with Crippen molar-refractivity contribution in [2.45, 2.75) is 36.9 Å². The monoisotopic (exact) mass is 299 g/mol. The van der Waals surface area contributed by atoms with E-state index < -0.39 is 0 Å². The summed E-state index contributed by atoms with van der Waals surface area (Å²) in [5.41, 5.74) is 3.62. The van der Waals surface area contributed by atoms with Crippen molar-refractivity contribution in [3.63, 3.8) is 0 Å². The Morgan fingerprint density at radius 2 is 2.10 bits per heavy atom. The zero-order chi connectivity index (χ0) is 14.7. The van der Waals surface area contributed by atoms with Crippen molar-refractivity contribution in [3.05, 3.63) is 65.2 Å². The van der Waals surface area contributed by atoms with Gasteiger partial charge in [-0.05, 0) is 41.9 Å². The largest absolute Gasteiger partial charge is 0.392 e. The molecule has 0 aromatic heterocycles. The number of aliphatic hydroxyl groups is 1. The summed E-state index contributed by atoms with van der Waals surface area (Å²) in [7, 11) is 0. The Morgan fingerprint density at radius 1 is 1.24 bits per heavy atom. The van der Waals surface area contributed by atoms with Gasteiger partial charge in [0.25, 0.3) is 0 Å². The molecule has 0 radical (unpaired) electrons. The van der Waals surface area contributed by atoms with Crippen LogP contribution in [0.25, 0.3) is 0 Å². The second-order valence-electron chi connectivity index (χ2n) is 5.52. The number of rotatable bonds is 4. The number of hydrogen-bond donors (Lipinski definition) is 2. The number of benzene rings is 2. The van der Waals surface area contributed by atoms with E-state index in [0.717, 1.165) is 17.7 Å². The minimum Gasteiger partial charge on any atom is -0.392 e. The van der Waals surface area contributed by atoms with Crippen LogP contribution in [0.15, 0.2) is 53.4 Å². The molecule has 1 aliphatic heterocycles. The molecule has 0 bridgehead atoms. The summed E-state index contributed by atoms with van der Waals surface area (Å²) in [4.78, 5) is 1.40. The van der Waals surface area contributed by atoms with Gasteiger partial charge in [-0.3, -0.25) is 0 Å². The number of thioether (sulfide) groups is 1. The summed E-state index contributed by atoms with van der Waals surface area (Å²) in [6, 6.07) is 17.6. The van der Waals surface area contributed by atoms with E-state index in [1.54, 1.807) is 0 Å².